The molecule has 72 valence electrons. The van der Waals surface area contributed by atoms with E-state index in [9.17, 15) is 4.79 Å². The third kappa shape index (κ3) is 7.54. The molecule has 0 radical (unpaired) electrons. The monoisotopic (exact) mass is 174 g/mol. The van der Waals surface area contributed by atoms with E-state index in [2.05, 4.69) is 4.89 Å². The summed E-state index contributed by atoms with van der Waals surface area (Å²) in [6.45, 7) is 9.55. The van der Waals surface area contributed by atoms with Crippen LogP contribution in [0.15, 0.2) is 0 Å². The van der Waals surface area contributed by atoms with Crippen molar-refractivity contribution in [3.8, 4) is 0 Å². The highest BCUT2D eigenvalue weighted by atomic mass is 17.2. The fraction of sp³-hybridized carbons (Fsp3) is 0.889. The van der Waals surface area contributed by atoms with Gasteiger partial charge in [0.25, 0.3) is 0 Å². The van der Waals surface area contributed by atoms with Gasteiger partial charge in [-0.05, 0) is 19.3 Å². The smallest absolute Gasteiger partial charge is 0.298 e. The van der Waals surface area contributed by atoms with E-state index in [4.69, 9.17) is 4.89 Å². The van der Waals surface area contributed by atoms with Crippen LogP contribution in [0.25, 0.3) is 0 Å². The van der Waals surface area contributed by atoms with E-state index in [1.807, 2.05) is 34.6 Å². The summed E-state index contributed by atoms with van der Waals surface area (Å²) in [5, 5.41) is 0. The molecule has 0 bridgehead atoms. The second kappa shape index (κ2) is 4.45. The minimum atomic E-state index is -0.309. The van der Waals surface area contributed by atoms with Crippen molar-refractivity contribution < 1.29 is 14.6 Å². The molecule has 0 saturated carbocycles. The van der Waals surface area contributed by atoms with Gasteiger partial charge >= 0.3 is 5.97 Å². The van der Waals surface area contributed by atoms with Gasteiger partial charge in [-0.25, -0.2) is 4.79 Å². The average molecular weight is 174 g/mol. The fourth-order valence-electron chi connectivity index (χ4n) is 0.612. The van der Waals surface area contributed by atoms with Crippen molar-refractivity contribution >= 4 is 5.97 Å². The molecule has 0 amide bonds. The Hall–Kier alpha value is -0.570. The van der Waals surface area contributed by atoms with Crippen LogP contribution in [0.1, 0.15) is 41.0 Å². The number of hydrogen-bond donors (Lipinski definition) is 0. The van der Waals surface area contributed by atoms with Gasteiger partial charge in [0.15, 0.2) is 0 Å². The largest absolute Gasteiger partial charge is 0.342 e. The third-order valence-electron chi connectivity index (χ3n) is 1.01. The lowest BCUT2D eigenvalue weighted by molar-refractivity contribution is -0.292. The molecular weight excluding hydrogens is 156 g/mol. The van der Waals surface area contributed by atoms with Crippen molar-refractivity contribution in [1.82, 2.24) is 0 Å². The van der Waals surface area contributed by atoms with E-state index >= 15 is 0 Å². The first-order chi connectivity index (χ1) is 5.31. The summed E-state index contributed by atoms with van der Waals surface area (Å²) in [4.78, 5) is 20.3. The van der Waals surface area contributed by atoms with Gasteiger partial charge in [0.2, 0.25) is 0 Å². The first kappa shape index (κ1) is 11.4. The van der Waals surface area contributed by atoms with Gasteiger partial charge in [0.05, 0.1) is 12.5 Å². The summed E-state index contributed by atoms with van der Waals surface area (Å²) in [7, 11) is 0. The van der Waals surface area contributed by atoms with E-state index in [1.165, 1.54) is 0 Å². The van der Waals surface area contributed by atoms with Crippen molar-refractivity contribution in [2.45, 2.75) is 47.1 Å². The molecule has 0 N–H and O–H groups in total. The fourth-order valence-corrected chi connectivity index (χ4v) is 0.612. The zero-order valence-electron chi connectivity index (χ0n) is 8.51. The van der Waals surface area contributed by atoms with Crippen LogP contribution in [0.2, 0.25) is 0 Å². The highest BCUT2D eigenvalue weighted by Gasteiger charge is 2.17. The Balaban J connectivity index is 3.61. The summed E-state index contributed by atoms with van der Waals surface area (Å²) in [5.74, 6) is -0.309. The maximum atomic E-state index is 11.0. The van der Waals surface area contributed by atoms with Gasteiger partial charge in [-0.15, -0.1) is 0 Å². The first-order valence-corrected chi connectivity index (χ1v) is 4.17. The maximum absolute atomic E-state index is 11.0. The van der Waals surface area contributed by atoms with Crippen LogP contribution in [0.5, 0.6) is 0 Å². The lowest BCUT2D eigenvalue weighted by Crippen LogP contribution is -2.17. The van der Waals surface area contributed by atoms with Gasteiger partial charge in [0, 0.05) is 0 Å². The molecule has 0 heterocycles. The lowest BCUT2D eigenvalue weighted by Gasteiger charge is -2.16. The molecule has 0 aromatic heterocycles. The zero-order chi connectivity index (χ0) is 9.78. The van der Waals surface area contributed by atoms with E-state index < -0.39 is 0 Å². The Morgan fingerprint density at radius 2 is 1.83 bits per heavy atom. The Bertz CT molecular complexity index is 144. The van der Waals surface area contributed by atoms with E-state index in [-0.39, 0.29) is 17.5 Å². The third-order valence-corrected chi connectivity index (χ3v) is 1.01. The van der Waals surface area contributed by atoms with Crippen LogP contribution in [-0.4, -0.2) is 12.1 Å². The van der Waals surface area contributed by atoms with Gasteiger partial charge in [-0.3, -0.25) is 4.89 Å². The molecule has 0 atom stereocenters. The minimum Gasteiger partial charge on any atom is -0.298 e. The Labute approximate surface area is 74.0 Å². The van der Waals surface area contributed by atoms with Crippen molar-refractivity contribution in [2.75, 3.05) is 0 Å². The quantitative estimate of drug-likeness (QED) is 0.486. The van der Waals surface area contributed by atoms with Crippen LogP contribution >= 0.6 is 0 Å². The molecule has 0 unspecified atom stereocenters. The molecule has 12 heavy (non-hydrogen) atoms. The number of hydrogen-bond acceptors (Lipinski definition) is 3. The Morgan fingerprint density at radius 3 is 2.17 bits per heavy atom. The molecular formula is C9H18O3. The highest BCUT2D eigenvalue weighted by Crippen LogP contribution is 2.18. The number of carbonyl (C=O) groups excluding carboxylic acids is 1. The molecule has 0 spiro atoms. The van der Waals surface area contributed by atoms with Crippen molar-refractivity contribution in [1.29, 1.82) is 0 Å². The van der Waals surface area contributed by atoms with Crippen LogP contribution in [0, 0.1) is 5.41 Å². The summed E-state index contributed by atoms with van der Waals surface area (Å²) in [6, 6.07) is 0. The molecule has 0 aliphatic rings. The van der Waals surface area contributed by atoms with Crippen LogP contribution in [-0.2, 0) is 14.6 Å². The van der Waals surface area contributed by atoms with Crippen LogP contribution < -0.4 is 0 Å². The summed E-state index contributed by atoms with van der Waals surface area (Å²) < 4.78 is 0. The van der Waals surface area contributed by atoms with Gasteiger partial charge in [0.1, 0.15) is 0 Å². The molecule has 0 fully saturated rings. The molecule has 0 aliphatic heterocycles. The SMILES string of the molecule is CC(C)OOC(=O)CC(C)(C)C. The molecule has 0 aliphatic carbocycles. The van der Waals surface area contributed by atoms with Crippen LogP contribution in [0.3, 0.4) is 0 Å². The highest BCUT2D eigenvalue weighted by molar-refractivity contribution is 5.69. The van der Waals surface area contributed by atoms with Gasteiger partial charge < -0.3 is 0 Å². The first-order valence-electron chi connectivity index (χ1n) is 4.17. The lowest BCUT2D eigenvalue weighted by atomic mass is 9.93. The van der Waals surface area contributed by atoms with Crippen molar-refractivity contribution in [2.24, 2.45) is 5.41 Å². The van der Waals surface area contributed by atoms with E-state index in [0.717, 1.165) is 0 Å². The van der Waals surface area contributed by atoms with Gasteiger partial charge in [-0.1, -0.05) is 20.8 Å². The molecule has 0 aromatic carbocycles. The number of rotatable bonds is 3. The predicted octanol–water partition coefficient (Wildman–Crippen LogP) is 2.31. The zero-order valence-corrected chi connectivity index (χ0v) is 8.51. The average Bonchev–Trinajstić information content (AvgIpc) is 1.79. The molecule has 3 heteroatoms. The molecule has 3 nitrogen and oxygen atoms in total. The summed E-state index contributed by atoms with van der Waals surface area (Å²) in [6.07, 6.45) is 0.300. The van der Waals surface area contributed by atoms with Gasteiger partial charge in [-0.2, -0.15) is 4.89 Å². The number of carbonyl (C=O) groups is 1. The van der Waals surface area contributed by atoms with Crippen molar-refractivity contribution in [3.05, 3.63) is 0 Å². The normalized spacial score (nSPS) is 11.8. The summed E-state index contributed by atoms with van der Waals surface area (Å²) in [5.41, 5.74) is -0.0442. The topological polar surface area (TPSA) is 35.5 Å². The maximum Gasteiger partial charge on any atom is 0.342 e. The second-order valence-electron chi connectivity index (χ2n) is 4.34. The molecule has 0 aromatic rings. The standard InChI is InChI=1S/C9H18O3/c1-7(2)11-12-8(10)6-9(3,4)5/h7H,6H2,1-5H3. The minimum absolute atomic E-state index is 0.0442. The Morgan fingerprint density at radius 1 is 1.33 bits per heavy atom. The van der Waals surface area contributed by atoms with Crippen LogP contribution in [0.4, 0.5) is 0 Å². The molecule has 0 rings (SSSR count). The Kier molecular flexibility index (Phi) is 4.24. The second-order valence-corrected chi connectivity index (χ2v) is 4.34. The van der Waals surface area contributed by atoms with Crippen molar-refractivity contribution in [3.63, 3.8) is 0 Å². The van der Waals surface area contributed by atoms with E-state index in [0.29, 0.717) is 6.42 Å². The predicted molar refractivity (Wildman–Crippen MR) is 46.4 cm³/mol. The van der Waals surface area contributed by atoms with E-state index in [1.54, 1.807) is 0 Å². The summed E-state index contributed by atoms with van der Waals surface area (Å²) >= 11 is 0. The molecule has 0 saturated heterocycles.